The van der Waals surface area contributed by atoms with Gasteiger partial charge in [-0.2, -0.15) is 0 Å². The topological polar surface area (TPSA) is 63.2 Å². The van der Waals surface area contributed by atoms with Crippen LogP contribution in [-0.2, 0) is 0 Å². The van der Waals surface area contributed by atoms with Crippen molar-refractivity contribution in [3.8, 4) is 0 Å². The van der Waals surface area contributed by atoms with Crippen molar-refractivity contribution >= 4 is 58.1 Å². The first-order valence-electron chi connectivity index (χ1n) is 10.3. The zero-order chi connectivity index (χ0) is 23.8. The molecule has 1 N–H and O–H groups in total. The molecule has 1 aliphatic carbocycles. The molecule has 0 heterocycles. The van der Waals surface area contributed by atoms with Crippen LogP contribution in [0.2, 0.25) is 10.0 Å². The minimum absolute atomic E-state index is 0.163. The van der Waals surface area contributed by atoms with E-state index in [-0.39, 0.29) is 34.3 Å². The average molecular weight is 504 g/mol. The van der Waals surface area contributed by atoms with Crippen molar-refractivity contribution in [2.45, 2.75) is 9.79 Å². The SMILES string of the molecule is O=C(Nc1ccc(Sc2cc(Cl)ccc2Cl)c2c1C(=O)c1ccccc1C2=O)c1ccccc1. The summed E-state index contributed by atoms with van der Waals surface area (Å²) in [6, 6.07) is 23.8. The third-order valence-corrected chi connectivity index (χ3v) is 7.23. The fraction of sp³-hybridized carbons (Fsp3) is 0. The summed E-state index contributed by atoms with van der Waals surface area (Å²) in [5.41, 5.74) is 1.74. The molecule has 0 fully saturated rings. The van der Waals surface area contributed by atoms with E-state index in [1.54, 1.807) is 78.9 Å². The van der Waals surface area contributed by atoms with Crippen LogP contribution in [0.1, 0.15) is 42.2 Å². The van der Waals surface area contributed by atoms with Gasteiger partial charge in [0.2, 0.25) is 0 Å². The highest BCUT2D eigenvalue weighted by Gasteiger charge is 2.34. The van der Waals surface area contributed by atoms with E-state index < -0.39 is 0 Å². The molecule has 166 valence electrons. The van der Waals surface area contributed by atoms with Gasteiger partial charge in [0.25, 0.3) is 5.91 Å². The Morgan fingerprint density at radius 1 is 0.706 bits per heavy atom. The molecule has 4 aromatic rings. The van der Waals surface area contributed by atoms with Gasteiger partial charge >= 0.3 is 0 Å². The molecule has 0 aliphatic heterocycles. The van der Waals surface area contributed by atoms with Gasteiger partial charge in [-0.1, -0.05) is 77.4 Å². The molecular formula is C27H15Cl2NO3S. The summed E-state index contributed by atoms with van der Waals surface area (Å²) in [6.07, 6.45) is 0. The lowest BCUT2D eigenvalue weighted by Crippen LogP contribution is -2.24. The Balaban J connectivity index is 1.65. The van der Waals surface area contributed by atoms with Crippen LogP contribution < -0.4 is 5.32 Å². The highest BCUT2D eigenvalue weighted by Crippen LogP contribution is 2.42. The Labute approximate surface area is 209 Å². The van der Waals surface area contributed by atoms with Gasteiger partial charge in [0.05, 0.1) is 16.3 Å². The van der Waals surface area contributed by atoms with Crippen LogP contribution in [0, 0.1) is 0 Å². The van der Waals surface area contributed by atoms with Crippen LogP contribution >= 0.6 is 35.0 Å². The molecule has 5 rings (SSSR count). The highest BCUT2D eigenvalue weighted by molar-refractivity contribution is 7.99. The number of anilines is 1. The molecule has 0 bridgehead atoms. The number of ketones is 2. The van der Waals surface area contributed by atoms with Crippen molar-refractivity contribution in [3.63, 3.8) is 0 Å². The molecule has 1 amide bonds. The Bertz CT molecular complexity index is 1480. The van der Waals surface area contributed by atoms with Crippen molar-refractivity contribution in [1.29, 1.82) is 0 Å². The number of rotatable bonds is 4. The number of carbonyl (C=O) groups is 3. The fourth-order valence-corrected chi connectivity index (χ4v) is 5.33. The molecule has 7 heteroatoms. The smallest absolute Gasteiger partial charge is 0.255 e. The van der Waals surface area contributed by atoms with Crippen molar-refractivity contribution in [1.82, 2.24) is 0 Å². The Morgan fingerprint density at radius 3 is 2.06 bits per heavy atom. The molecule has 0 spiro atoms. The first-order valence-corrected chi connectivity index (χ1v) is 11.9. The minimum atomic E-state index is -0.375. The van der Waals surface area contributed by atoms with Gasteiger partial charge in [0.1, 0.15) is 0 Å². The number of carbonyl (C=O) groups excluding carboxylic acids is 3. The van der Waals surface area contributed by atoms with E-state index in [0.29, 0.717) is 36.5 Å². The first-order chi connectivity index (χ1) is 16.4. The number of amides is 1. The predicted molar refractivity (Wildman–Crippen MR) is 135 cm³/mol. The van der Waals surface area contributed by atoms with Gasteiger partial charge in [-0.05, 0) is 42.5 Å². The summed E-state index contributed by atoms with van der Waals surface area (Å²) >= 11 is 13.7. The van der Waals surface area contributed by atoms with Crippen molar-refractivity contribution in [2.24, 2.45) is 0 Å². The predicted octanol–water partition coefficient (Wildman–Crippen LogP) is 7.17. The second kappa shape index (κ2) is 9.11. The molecule has 0 aromatic heterocycles. The highest BCUT2D eigenvalue weighted by atomic mass is 35.5. The number of hydrogen-bond donors (Lipinski definition) is 1. The van der Waals surface area contributed by atoms with E-state index in [2.05, 4.69) is 5.32 Å². The lowest BCUT2D eigenvalue weighted by Gasteiger charge is -2.23. The normalized spacial score (nSPS) is 12.2. The third-order valence-electron chi connectivity index (χ3n) is 5.43. The van der Waals surface area contributed by atoms with E-state index in [1.807, 2.05) is 6.07 Å². The Kier molecular flexibility index (Phi) is 6.00. The van der Waals surface area contributed by atoms with Gasteiger partial charge in [0, 0.05) is 37.1 Å². The van der Waals surface area contributed by atoms with E-state index in [0.717, 1.165) is 0 Å². The quantitative estimate of drug-likeness (QED) is 0.282. The molecule has 0 atom stereocenters. The van der Waals surface area contributed by atoms with Crippen LogP contribution in [0.5, 0.6) is 0 Å². The summed E-state index contributed by atoms with van der Waals surface area (Å²) in [7, 11) is 0. The maximum Gasteiger partial charge on any atom is 0.255 e. The molecule has 34 heavy (non-hydrogen) atoms. The summed E-state index contributed by atoms with van der Waals surface area (Å²) < 4.78 is 0. The van der Waals surface area contributed by atoms with Gasteiger partial charge in [0.15, 0.2) is 11.6 Å². The standard InChI is InChI=1S/C27H15Cl2NO3S/c28-16-10-11-19(29)22(14-16)34-21-13-12-20(30-27(33)15-6-2-1-3-7-15)23-24(21)26(32)18-9-5-4-8-17(18)25(23)31/h1-14H,(H,30,33). The summed E-state index contributed by atoms with van der Waals surface area (Å²) in [6.45, 7) is 0. The molecule has 0 saturated carbocycles. The first kappa shape index (κ1) is 22.4. The number of fused-ring (bicyclic) bond motifs is 2. The molecule has 0 radical (unpaired) electrons. The van der Waals surface area contributed by atoms with Crippen LogP contribution in [-0.4, -0.2) is 17.5 Å². The summed E-state index contributed by atoms with van der Waals surface area (Å²) in [4.78, 5) is 41.2. The molecule has 0 saturated heterocycles. The van der Waals surface area contributed by atoms with Crippen molar-refractivity contribution in [2.75, 3.05) is 5.32 Å². The monoisotopic (exact) mass is 503 g/mol. The Morgan fingerprint density at radius 2 is 1.35 bits per heavy atom. The average Bonchev–Trinajstić information content (AvgIpc) is 2.86. The van der Waals surface area contributed by atoms with E-state index >= 15 is 0 Å². The van der Waals surface area contributed by atoms with Gasteiger partial charge in [-0.25, -0.2) is 0 Å². The van der Waals surface area contributed by atoms with E-state index in [1.165, 1.54) is 11.8 Å². The third kappa shape index (κ3) is 4.03. The number of halogens is 2. The van der Waals surface area contributed by atoms with Gasteiger partial charge in [-0.15, -0.1) is 0 Å². The van der Waals surface area contributed by atoms with Gasteiger partial charge in [-0.3, -0.25) is 14.4 Å². The largest absolute Gasteiger partial charge is 0.321 e. The molecule has 4 aromatic carbocycles. The molecule has 1 aliphatic rings. The second-order valence-electron chi connectivity index (χ2n) is 7.56. The second-order valence-corrected chi connectivity index (χ2v) is 9.49. The van der Waals surface area contributed by atoms with Crippen LogP contribution in [0.3, 0.4) is 0 Å². The zero-order valence-corrected chi connectivity index (χ0v) is 19.8. The number of benzene rings is 4. The van der Waals surface area contributed by atoms with Crippen molar-refractivity contribution < 1.29 is 14.4 Å². The molecular weight excluding hydrogens is 489 g/mol. The summed E-state index contributed by atoms with van der Waals surface area (Å²) in [5.74, 6) is -0.991. The Hall–Kier alpha value is -3.38. The lowest BCUT2D eigenvalue weighted by atomic mass is 9.83. The molecule has 4 nitrogen and oxygen atoms in total. The summed E-state index contributed by atoms with van der Waals surface area (Å²) in [5, 5.41) is 3.78. The maximum absolute atomic E-state index is 13.6. The van der Waals surface area contributed by atoms with Crippen LogP contribution in [0.15, 0.2) is 94.7 Å². The maximum atomic E-state index is 13.6. The number of nitrogens with one attached hydrogen (secondary N) is 1. The molecule has 0 unspecified atom stereocenters. The van der Waals surface area contributed by atoms with Crippen LogP contribution in [0.4, 0.5) is 5.69 Å². The van der Waals surface area contributed by atoms with Crippen LogP contribution in [0.25, 0.3) is 0 Å². The van der Waals surface area contributed by atoms with Gasteiger partial charge < -0.3 is 5.32 Å². The number of hydrogen-bond acceptors (Lipinski definition) is 4. The van der Waals surface area contributed by atoms with Crippen molar-refractivity contribution in [3.05, 3.63) is 123 Å². The fourth-order valence-electron chi connectivity index (χ4n) is 3.84. The van der Waals surface area contributed by atoms with E-state index in [9.17, 15) is 14.4 Å². The minimum Gasteiger partial charge on any atom is -0.321 e. The van der Waals surface area contributed by atoms with E-state index in [4.69, 9.17) is 23.2 Å². The lowest BCUT2D eigenvalue weighted by molar-refractivity contribution is 0.0976. The zero-order valence-electron chi connectivity index (χ0n) is 17.5.